The molecule has 36 heavy (non-hydrogen) atoms. The summed E-state index contributed by atoms with van der Waals surface area (Å²) in [5.74, 6) is 0.376. The third-order valence-electron chi connectivity index (χ3n) is 7.38. The van der Waals surface area contributed by atoms with Crippen molar-refractivity contribution in [1.82, 2.24) is 0 Å². The Morgan fingerprint density at radius 3 is 2.19 bits per heavy atom. The van der Waals surface area contributed by atoms with Gasteiger partial charge in [-0.05, 0) is 36.8 Å². The number of Topliss-reactive ketones (excluding diaryl/α,β-unsaturated/α-hetero) is 1. The van der Waals surface area contributed by atoms with Crippen LogP contribution in [0.25, 0.3) is 0 Å². The van der Waals surface area contributed by atoms with Crippen LogP contribution < -0.4 is 0 Å². The van der Waals surface area contributed by atoms with Crippen molar-refractivity contribution in [2.24, 2.45) is 11.8 Å². The second kappa shape index (κ2) is 13.2. The Kier molecular flexibility index (Phi) is 9.75. The van der Waals surface area contributed by atoms with Crippen LogP contribution >= 0.6 is 22.6 Å². The topological polar surface area (TPSA) is 17.1 Å². The number of allylic oxidation sites excluding steroid dienone is 10. The lowest BCUT2D eigenvalue weighted by atomic mass is 9.75. The van der Waals surface area contributed by atoms with Crippen LogP contribution in [-0.4, -0.2) is 9.71 Å². The van der Waals surface area contributed by atoms with Gasteiger partial charge in [0.2, 0.25) is 0 Å². The predicted molar refractivity (Wildman–Crippen MR) is 161 cm³/mol. The second-order valence-corrected chi connectivity index (χ2v) is 11.1. The van der Waals surface area contributed by atoms with Crippen molar-refractivity contribution in [3.05, 3.63) is 131 Å². The molecule has 2 aromatic carbocycles. The van der Waals surface area contributed by atoms with E-state index in [0.717, 1.165) is 48.8 Å². The lowest BCUT2D eigenvalue weighted by Crippen LogP contribution is -2.30. The van der Waals surface area contributed by atoms with E-state index in [9.17, 15) is 4.79 Å². The number of carbonyl (C=O) groups is 1. The monoisotopic (exact) mass is 588 g/mol. The van der Waals surface area contributed by atoms with E-state index < -0.39 is 0 Å². The van der Waals surface area contributed by atoms with Crippen molar-refractivity contribution >= 4 is 28.4 Å². The van der Waals surface area contributed by atoms with Crippen LogP contribution in [0.2, 0.25) is 0 Å². The first kappa shape index (κ1) is 26.6. The maximum atomic E-state index is 14.3. The lowest BCUT2D eigenvalue weighted by Gasteiger charge is -2.33. The summed E-state index contributed by atoms with van der Waals surface area (Å²) in [6, 6.07) is 20.5. The smallest absolute Gasteiger partial charge is 0.171 e. The number of rotatable bonds is 11. The summed E-state index contributed by atoms with van der Waals surface area (Å²) < 4.78 is 0.282. The van der Waals surface area contributed by atoms with E-state index in [1.165, 1.54) is 11.1 Å². The van der Waals surface area contributed by atoms with E-state index >= 15 is 0 Å². The van der Waals surface area contributed by atoms with Gasteiger partial charge >= 0.3 is 0 Å². The molecule has 2 aromatic rings. The van der Waals surface area contributed by atoms with Gasteiger partial charge in [0.25, 0.3) is 0 Å². The lowest BCUT2D eigenvalue weighted by molar-refractivity contribution is -0.116. The van der Waals surface area contributed by atoms with Gasteiger partial charge < -0.3 is 0 Å². The van der Waals surface area contributed by atoms with Crippen molar-refractivity contribution in [2.75, 3.05) is 0 Å². The number of benzene rings is 2. The molecule has 0 radical (unpaired) electrons. The normalized spacial score (nSPS) is 19.2. The number of hydrogen-bond donors (Lipinski definition) is 0. The van der Waals surface area contributed by atoms with E-state index in [-0.39, 0.29) is 21.5 Å². The first-order valence-corrected chi connectivity index (χ1v) is 14.6. The van der Waals surface area contributed by atoms with Gasteiger partial charge in [0.05, 0.1) is 5.92 Å². The Labute approximate surface area is 230 Å². The summed E-state index contributed by atoms with van der Waals surface area (Å²) >= 11 is 2.65. The van der Waals surface area contributed by atoms with E-state index in [1.54, 1.807) is 0 Å². The zero-order chi connectivity index (χ0) is 25.3. The van der Waals surface area contributed by atoms with E-state index in [4.69, 9.17) is 0 Å². The Morgan fingerprint density at radius 2 is 1.64 bits per heavy atom. The Bertz CT molecular complexity index is 1130. The highest BCUT2D eigenvalue weighted by Gasteiger charge is 2.38. The highest BCUT2D eigenvalue weighted by atomic mass is 127. The van der Waals surface area contributed by atoms with Crippen LogP contribution in [0.3, 0.4) is 0 Å². The van der Waals surface area contributed by atoms with Gasteiger partial charge in [0, 0.05) is 21.3 Å². The minimum absolute atomic E-state index is 0.0985. The molecule has 0 heterocycles. The summed E-state index contributed by atoms with van der Waals surface area (Å²) in [5.41, 5.74) is 6.08. The number of halogens is 1. The highest BCUT2D eigenvalue weighted by molar-refractivity contribution is 14.1. The molecule has 0 N–H and O–H groups in total. The molecule has 3 atom stereocenters. The molecule has 0 saturated heterocycles. The fourth-order valence-corrected chi connectivity index (χ4v) is 7.08. The average molecular weight is 589 g/mol. The fourth-order valence-electron chi connectivity index (χ4n) is 5.53. The number of ketones is 1. The number of hydrogen-bond acceptors (Lipinski definition) is 1. The Hall–Kier alpha value is -2.46. The molecule has 0 aliphatic heterocycles. The van der Waals surface area contributed by atoms with Gasteiger partial charge in [-0.3, -0.25) is 4.79 Å². The first-order chi connectivity index (χ1) is 17.7. The molecule has 0 aromatic heterocycles. The SMILES string of the molecule is CCC/C=C(\CC)C(C1=CC=CCC1)C(I)C1C=CC=C1C(=O)C(c1ccccc1)c1ccccc1. The molecular formula is C34H37IO. The molecule has 3 unspecified atom stereocenters. The Morgan fingerprint density at radius 1 is 0.972 bits per heavy atom. The van der Waals surface area contributed by atoms with Gasteiger partial charge in [0.15, 0.2) is 5.78 Å². The zero-order valence-electron chi connectivity index (χ0n) is 21.4. The number of unbranched alkanes of at least 4 members (excludes halogenated alkanes) is 1. The predicted octanol–water partition coefficient (Wildman–Crippen LogP) is 9.33. The van der Waals surface area contributed by atoms with Crippen LogP contribution in [0.1, 0.15) is 63.0 Å². The van der Waals surface area contributed by atoms with Crippen molar-refractivity contribution in [1.29, 1.82) is 0 Å². The first-order valence-electron chi connectivity index (χ1n) is 13.4. The maximum absolute atomic E-state index is 14.3. The van der Waals surface area contributed by atoms with Gasteiger partial charge in [-0.1, -0.05) is 157 Å². The maximum Gasteiger partial charge on any atom is 0.171 e. The van der Waals surface area contributed by atoms with Crippen molar-refractivity contribution in [3.8, 4) is 0 Å². The van der Waals surface area contributed by atoms with E-state index in [2.05, 4.69) is 103 Å². The largest absolute Gasteiger partial charge is 0.293 e. The van der Waals surface area contributed by atoms with Crippen molar-refractivity contribution < 1.29 is 4.79 Å². The third kappa shape index (κ3) is 6.08. The zero-order valence-corrected chi connectivity index (χ0v) is 23.6. The highest BCUT2D eigenvalue weighted by Crippen LogP contribution is 2.44. The summed E-state index contributed by atoms with van der Waals surface area (Å²) in [7, 11) is 0. The van der Waals surface area contributed by atoms with Crippen LogP contribution in [-0.2, 0) is 4.79 Å². The molecule has 186 valence electrons. The molecule has 0 amide bonds. The molecule has 0 bridgehead atoms. The van der Waals surface area contributed by atoms with Crippen LogP contribution in [0.4, 0.5) is 0 Å². The number of alkyl halides is 1. The van der Waals surface area contributed by atoms with Crippen LogP contribution in [0, 0.1) is 11.8 Å². The molecule has 2 aliphatic carbocycles. The third-order valence-corrected chi connectivity index (χ3v) is 8.87. The van der Waals surface area contributed by atoms with E-state index in [0.29, 0.717) is 5.92 Å². The van der Waals surface area contributed by atoms with Gasteiger partial charge in [-0.2, -0.15) is 0 Å². The molecule has 2 heteroatoms. The standard InChI is InChI=1S/C34H37IO/c1-3-5-16-25(4-2)31(26-17-9-6-10-18-26)33(35)29-23-15-24-30(29)34(36)32(27-19-11-7-12-20-27)28-21-13-8-14-22-28/h6-9,11-17,19-24,29,31-33H,3-5,10,18H2,1-2H3/b25-16+. The molecule has 0 spiro atoms. The summed E-state index contributed by atoms with van der Waals surface area (Å²) in [5, 5.41) is 0. The fraction of sp³-hybridized carbons (Fsp3) is 0.324. The molecule has 0 saturated carbocycles. The van der Waals surface area contributed by atoms with Gasteiger partial charge in [0.1, 0.15) is 0 Å². The second-order valence-electron chi connectivity index (χ2n) is 9.70. The van der Waals surface area contributed by atoms with Crippen LogP contribution in [0.15, 0.2) is 120 Å². The molecule has 1 nitrogen and oxygen atoms in total. The van der Waals surface area contributed by atoms with Crippen LogP contribution in [0.5, 0.6) is 0 Å². The summed E-state index contributed by atoms with van der Waals surface area (Å²) in [6.07, 6.45) is 21.2. The Balaban J connectivity index is 1.70. The molecule has 4 rings (SSSR count). The van der Waals surface area contributed by atoms with E-state index in [1.807, 2.05) is 36.4 Å². The van der Waals surface area contributed by atoms with Gasteiger partial charge in [-0.25, -0.2) is 0 Å². The van der Waals surface area contributed by atoms with Gasteiger partial charge in [-0.15, -0.1) is 0 Å². The summed E-state index contributed by atoms with van der Waals surface area (Å²) in [4.78, 5) is 14.3. The summed E-state index contributed by atoms with van der Waals surface area (Å²) in [6.45, 7) is 4.53. The minimum Gasteiger partial charge on any atom is -0.293 e. The molecular weight excluding hydrogens is 551 g/mol. The average Bonchev–Trinajstić information content (AvgIpc) is 3.43. The number of carbonyl (C=O) groups excluding carboxylic acids is 1. The molecule has 2 aliphatic rings. The molecule has 0 fully saturated rings. The van der Waals surface area contributed by atoms with Crippen molar-refractivity contribution in [3.63, 3.8) is 0 Å². The minimum atomic E-state index is -0.291. The quantitative estimate of drug-likeness (QED) is 0.145. The van der Waals surface area contributed by atoms with Crippen molar-refractivity contribution in [2.45, 2.75) is 55.8 Å².